The summed E-state index contributed by atoms with van der Waals surface area (Å²) in [6.45, 7) is 1.24. The van der Waals surface area contributed by atoms with Gasteiger partial charge < -0.3 is 10.6 Å². The summed E-state index contributed by atoms with van der Waals surface area (Å²) >= 11 is 3.36. The average molecular weight is 323 g/mol. The van der Waals surface area contributed by atoms with Gasteiger partial charge in [-0.2, -0.15) is 0 Å². The zero-order valence-electron chi connectivity index (χ0n) is 10.9. The number of hydrogen-bond acceptors (Lipinski definition) is 2. The number of amides is 1. The molecule has 1 aromatic rings. The number of hydrogen-bond donors (Lipinski definition) is 2. The molecule has 0 saturated heterocycles. The van der Waals surface area contributed by atoms with Crippen LogP contribution in [0.1, 0.15) is 25.7 Å². The van der Waals surface area contributed by atoms with Gasteiger partial charge >= 0.3 is 0 Å². The summed E-state index contributed by atoms with van der Waals surface area (Å²) in [6.07, 6.45) is 7.13. The lowest BCUT2D eigenvalue weighted by molar-refractivity contribution is -0.115. The summed E-state index contributed by atoms with van der Waals surface area (Å²) in [5, 5.41) is 6.04. The Morgan fingerprint density at radius 2 is 2.05 bits per heavy atom. The molecule has 3 nitrogen and oxygen atoms in total. The van der Waals surface area contributed by atoms with Gasteiger partial charge in [0, 0.05) is 10.2 Å². The maximum atomic E-state index is 11.7. The Bertz CT molecular complexity index is 454. The summed E-state index contributed by atoms with van der Waals surface area (Å²) in [6, 6.07) is 7.59. The van der Waals surface area contributed by atoms with E-state index in [0.717, 1.165) is 23.1 Å². The van der Waals surface area contributed by atoms with E-state index in [4.69, 9.17) is 0 Å². The highest BCUT2D eigenvalue weighted by atomic mass is 79.9. The Hall–Kier alpha value is -1.13. The number of anilines is 1. The van der Waals surface area contributed by atoms with Crippen molar-refractivity contribution in [1.82, 2.24) is 5.32 Å². The van der Waals surface area contributed by atoms with E-state index in [-0.39, 0.29) is 5.91 Å². The summed E-state index contributed by atoms with van der Waals surface area (Å²) in [7, 11) is 0. The number of allylic oxidation sites excluding steroid dienone is 1. The minimum Gasteiger partial charge on any atom is -0.325 e. The number of carbonyl (C=O) groups excluding carboxylic acids is 1. The van der Waals surface area contributed by atoms with Crippen molar-refractivity contribution < 1.29 is 4.79 Å². The topological polar surface area (TPSA) is 41.1 Å². The molecule has 0 saturated carbocycles. The zero-order chi connectivity index (χ0) is 13.5. The first-order chi connectivity index (χ1) is 9.24. The molecule has 0 atom stereocenters. The zero-order valence-corrected chi connectivity index (χ0v) is 12.5. The third kappa shape index (κ3) is 5.17. The molecule has 0 aromatic heterocycles. The van der Waals surface area contributed by atoms with Crippen LogP contribution in [0.15, 0.2) is 40.4 Å². The summed E-state index contributed by atoms with van der Waals surface area (Å²) in [5.41, 5.74) is 2.36. The first-order valence-electron chi connectivity index (χ1n) is 6.68. The molecule has 0 bridgehead atoms. The third-order valence-corrected chi connectivity index (χ3v) is 3.70. The van der Waals surface area contributed by atoms with Crippen LogP contribution in [0.2, 0.25) is 0 Å². The Balaban J connectivity index is 1.63. The Morgan fingerprint density at radius 3 is 2.74 bits per heavy atom. The number of rotatable bonds is 6. The SMILES string of the molecule is O=C(CNCCC1=CCCC1)Nc1ccc(Br)cc1. The molecule has 4 heteroatoms. The van der Waals surface area contributed by atoms with Crippen molar-refractivity contribution in [3.63, 3.8) is 0 Å². The van der Waals surface area contributed by atoms with Gasteiger partial charge in [0.15, 0.2) is 0 Å². The smallest absolute Gasteiger partial charge is 0.238 e. The number of halogens is 1. The minimum absolute atomic E-state index is 0.00252. The van der Waals surface area contributed by atoms with Crippen LogP contribution in [0.3, 0.4) is 0 Å². The molecular weight excluding hydrogens is 304 g/mol. The Kier molecular flexibility index (Phi) is 5.61. The predicted molar refractivity (Wildman–Crippen MR) is 82.2 cm³/mol. The van der Waals surface area contributed by atoms with Gasteiger partial charge in [-0.05, 0) is 56.5 Å². The molecule has 19 heavy (non-hydrogen) atoms. The number of carbonyl (C=O) groups is 1. The summed E-state index contributed by atoms with van der Waals surface area (Å²) in [4.78, 5) is 11.7. The van der Waals surface area contributed by atoms with Gasteiger partial charge in [0.2, 0.25) is 5.91 Å². The van der Waals surface area contributed by atoms with Crippen molar-refractivity contribution in [2.45, 2.75) is 25.7 Å². The van der Waals surface area contributed by atoms with Gasteiger partial charge in [0.25, 0.3) is 0 Å². The van der Waals surface area contributed by atoms with E-state index in [9.17, 15) is 4.79 Å². The fraction of sp³-hybridized carbons (Fsp3) is 0.400. The van der Waals surface area contributed by atoms with Crippen molar-refractivity contribution in [1.29, 1.82) is 0 Å². The molecule has 1 amide bonds. The standard InChI is InChI=1S/C15H19BrN2O/c16-13-5-7-14(8-6-13)18-15(19)11-17-10-9-12-3-1-2-4-12/h3,5-8,17H,1-2,4,9-11H2,(H,18,19). The van der Waals surface area contributed by atoms with Crippen molar-refractivity contribution >= 4 is 27.5 Å². The summed E-state index contributed by atoms with van der Waals surface area (Å²) in [5.74, 6) is 0.00252. The molecule has 0 spiro atoms. The van der Waals surface area contributed by atoms with Crippen molar-refractivity contribution in [2.75, 3.05) is 18.4 Å². The van der Waals surface area contributed by atoms with Crippen molar-refractivity contribution in [2.24, 2.45) is 0 Å². The highest BCUT2D eigenvalue weighted by Gasteiger charge is 2.05. The first kappa shape index (κ1) is 14.3. The normalized spacial score (nSPS) is 14.3. The number of benzene rings is 1. The molecule has 0 fully saturated rings. The molecule has 0 radical (unpaired) electrons. The minimum atomic E-state index is 0.00252. The molecule has 2 rings (SSSR count). The second kappa shape index (κ2) is 7.46. The largest absolute Gasteiger partial charge is 0.325 e. The maximum absolute atomic E-state index is 11.7. The molecule has 0 unspecified atom stereocenters. The van der Waals surface area contributed by atoms with Crippen LogP contribution in [0.25, 0.3) is 0 Å². The average Bonchev–Trinajstić information content (AvgIpc) is 2.91. The van der Waals surface area contributed by atoms with E-state index in [1.165, 1.54) is 24.8 Å². The van der Waals surface area contributed by atoms with Crippen LogP contribution in [0, 0.1) is 0 Å². The van der Waals surface area contributed by atoms with Crippen LogP contribution in [-0.4, -0.2) is 19.0 Å². The Morgan fingerprint density at radius 1 is 1.26 bits per heavy atom. The second-order valence-electron chi connectivity index (χ2n) is 4.74. The summed E-state index contributed by atoms with van der Waals surface area (Å²) < 4.78 is 1.01. The van der Waals surface area contributed by atoms with Crippen LogP contribution >= 0.6 is 15.9 Å². The van der Waals surface area contributed by atoms with E-state index >= 15 is 0 Å². The highest BCUT2D eigenvalue weighted by molar-refractivity contribution is 9.10. The molecular formula is C15H19BrN2O. The van der Waals surface area contributed by atoms with Gasteiger partial charge in [-0.1, -0.05) is 27.6 Å². The van der Waals surface area contributed by atoms with E-state index in [1.54, 1.807) is 0 Å². The maximum Gasteiger partial charge on any atom is 0.238 e. The van der Waals surface area contributed by atoms with Gasteiger partial charge in [-0.15, -0.1) is 0 Å². The molecule has 102 valence electrons. The lowest BCUT2D eigenvalue weighted by Crippen LogP contribution is -2.28. The van der Waals surface area contributed by atoms with Crippen molar-refractivity contribution in [3.8, 4) is 0 Å². The third-order valence-electron chi connectivity index (χ3n) is 3.17. The van der Waals surface area contributed by atoms with Crippen LogP contribution in [0.5, 0.6) is 0 Å². The first-order valence-corrected chi connectivity index (χ1v) is 7.47. The van der Waals surface area contributed by atoms with Gasteiger partial charge in [0.1, 0.15) is 0 Å². The van der Waals surface area contributed by atoms with Crippen LogP contribution < -0.4 is 10.6 Å². The lowest BCUT2D eigenvalue weighted by Gasteiger charge is -2.07. The Labute approximate surface area is 122 Å². The number of nitrogens with one attached hydrogen (secondary N) is 2. The van der Waals surface area contributed by atoms with Gasteiger partial charge in [-0.3, -0.25) is 4.79 Å². The predicted octanol–water partition coefficient (Wildman–Crippen LogP) is 3.48. The lowest BCUT2D eigenvalue weighted by atomic mass is 10.2. The molecule has 1 aromatic carbocycles. The van der Waals surface area contributed by atoms with Gasteiger partial charge in [-0.25, -0.2) is 0 Å². The fourth-order valence-electron chi connectivity index (χ4n) is 2.15. The molecule has 1 aliphatic rings. The van der Waals surface area contributed by atoms with E-state index in [2.05, 4.69) is 32.6 Å². The van der Waals surface area contributed by atoms with Gasteiger partial charge in [0.05, 0.1) is 6.54 Å². The quantitative estimate of drug-likeness (QED) is 0.622. The van der Waals surface area contributed by atoms with Crippen LogP contribution in [-0.2, 0) is 4.79 Å². The molecule has 1 aliphatic carbocycles. The van der Waals surface area contributed by atoms with E-state index < -0.39 is 0 Å². The highest BCUT2D eigenvalue weighted by Crippen LogP contribution is 2.19. The molecule has 0 heterocycles. The fourth-order valence-corrected chi connectivity index (χ4v) is 2.42. The van der Waals surface area contributed by atoms with Crippen LogP contribution in [0.4, 0.5) is 5.69 Å². The molecule has 0 aliphatic heterocycles. The monoisotopic (exact) mass is 322 g/mol. The van der Waals surface area contributed by atoms with E-state index in [1.807, 2.05) is 24.3 Å². The molecule has 2 N–H and O–H groups in total. The van der Waals surface area contributed by atoms with Crippen molar-refractivity contribution in [3.05, 3.63) is 40.4 Å². The second-order valence-corrected chi connectivity index (χ2v) is 5.65. The van der Waals surface area contributed by atoms with E-state index in [0.29, 0.717) is 6.54 Å².